The summed E-state index contributed by atoms with van der Waals surface area (Å²) < 4.78 is 23.0. The molecule has 1 N–H and O–H groups in total. The Bertz CT molecular complexity index is 1460. The zero-order valence-corrected chi connectivity index (χ0v) is 58.3. The maximum atomic E-state index is 13.0. The Kier molecular flexibility index (Phi) is 66.9. The smallest absolute Gasteiger partial charge is 0.361 e. The molecule has 0 aliphatic rings. The molecule has 0 amide bonds. The number of unbranched alkanes of at least 4 members (excludes halogenated alkanes) is 53. The number of hydrogen-bond acceptors (Lipinski definition) is 7. The highest BCUT2D eigenvalue weighted by atomic mass is 16.7. The molecule has 2 atom stereocenters. The van der Waals surface area contributed by atoms with E-state index < -0.39 is 18.4 Å². The SMILES string of the molecule is CCCCCCC/C=C\C/C=C\CCCCCCCCCCCCCCCCCCCCCCCCCCCC(=O)OC(COC(=O)CCCCCCCCCCCCCCCCCCCCCCCCCC)COC(OCC[N+](C)(C)C)C(=O)O. The van der Waals surface area contributed by atoms with E-state index in [0.29, 0.717) is 17.4 Å². The highest BCUT2D eigenvalue weighted by Crippen LogP contribution is 2.20. The molecule has 0 aromatic heterocycles. The van der Waals surface area contributed by atoms with E-state index >= 15 is 0 Å². The summed E-state index contributed by atoms with van der Waals surface area (Å²) in [7, 11) is 6.00. The lowest BCUT2D eigenvalue weighted by Gasteiger charge is -2.25. The van der Waals surface area contributed by atoms with Crippen LogP contribution in [-0.2, 0) is 33.3 Å². The number of esters is 2. The predicted molar refractivity (Wildman–Crippen MR) is 369 cm³/mol. The summed E-state index contributed by atoms with van der Waals surface area (Å²) in [5.41, 5.74) is 0. The van der Waals surface area contributed by atoms with Crippen molar-refractivity contribution in [2.24, 2.45) is 0 Å². The van der Waals surface area contributed by atoms with Crippen LogP contribution in [0.5, 0.6) is 0 Å². The average molecular weight is 1220 g/mol. The number of hydrogen-bond donors (Lipinski definition) is 1. The first-order valence-electron chi connectivity index (χ1n) is 38.0. The van der Waals surface area contributed by atoms with E-state index in [2.05, 4.69) is 38.2 Å². The fourth-order valence-electron chi connectivity index (χ4n) is 11.6. The first-order valence-corrected chi connectivity index (χ1v) is 38.0. The second-order valence-corrected chi connectivity index (χ2v) is 27.3. The van der Waals surface area contributed by atoms with Crippen LogP contribution in [0.3, 0.4) is 0 Å². The van der Waals surface area contributed by atoms with Crippen LogP contribution in [0.1, 0.15) is 393 Å². The van der Waals surface area contributed by atoms with Gasteiger partial charge in [0.25, 0.3) is 6.29 Å². The van der Waals surface area contributed by atoms with Gasteiger partial charge in [0.05, 0.1) is 34.4 Å². The van der Waals surface area contributed by atoms with Crippen LogP contribution in [0.15, 0.2) is 24.3 Å². The lowest BCUT2D eigenvalue weighted by atomic mass is 10.0. The number of nitrogens with zero attached hydrogens (tertiary/aromatic N) is 1. The molecule has 0 aliphatic carbocycles. The second-order valence-electron chi connectivity index (χ2n) is 27.3. The number of carbonyl (C=O) groups excluding carboxylic acids is 2. The van der Waals surface area contributed by atoms with E-state index in [4.69, 9.17) is 18.9 Å². The van der Waals surface area contributed by atoms with Crippen LogP contribution >= 0.6 is 0 Å². The number of carboxylic acids is 1. The van der Waals surface area contributed by atoms with Gasteiger partial charge < -0.3 is 28.5 Å². The molecule has 0 saturated carbocycles. The first kappa shape index (κ1) is 83.8. The minimum absolute atomic E-state index is 0.173. The molecule has 508 valence electrons. The number of allylic oxidation sites excluding steroid dienone is 4. The Morgan fingerprint density at radius 2 is 0.628 bits per heavy atom. The molecule has 0 bridgehead atoms. The molecule has 0 rings (SSSR count). The monoisotopic (exact) mass is 1220 g/mol. The quantitative estimate of drug-likeness (QED) is 0.0211. The molecule has 0 aliphatic heterocycles. The van der Waals surface area contributed by atoms with Crippen LogP contribution < -0.4 is 0 Å². The molecule has 0 saturated heterocycles. The summed E-state index contributed by atoms with van der Waals surface area (Å²) in [6.07, 6.45) is 83.2. The van der Waals surface area contributed by atoms with Crippen LogP contribution in [0.4, 0.5) is 0 Å². The maximum absolute atomic E-state index is 13.0. The van der Waals surface area contributed by atoms with Crippen LogP contribution in [0.2, 0.25) is 0 Å². The lowest BCUT2D eigenvalue weighted by Crippen LogP contribution is -2.40. The molecule has 0 spiro atoms. The molecule has 0 aromatic carbocycles. The van der Waals surface area contributed by atoms with E-state index in [1.165, 1.54) is 321 Å². The van der Waals surface area contributed by atoms with Crippen molar-refractivity contribution in [3.63, 3.8) is 0 Å². The Morgan fingerprint density at radius 1 is 0.349 bits per heavy atom. The molecule has 9 nitrogen and oxygen atoms in total. The van der Waals surface area contributed by atoms with Gasteiger partial charge in [0.15, 0.2) is 6.10 Å². The van der Waals surface area contributed by atoms with Gasteiger partial charge in [-0.3, -0.25) is 9.59 Å². The van der Waals surface area contributed by atoms with Crippen molar-refractivity contribution in [1.82, 2.24) is 0 Å². The predicted octanol–water partition coefficient (Wildman–Crippen LogP) is 23.8. The topological polar surface area (TPSA) is 108 Å². The van der Waals surface area contributed by atoms with Crippen LogP contribution in [0.25, 0.3) is 0 Å². The van der Waals surface area contributed by atoms with Crippen molar-refractivity contribution >= 4 is 17.9 Å². The third-order valence-electron chi connectivity index (χ3n) is 17.5. The largest absolute Gasteiger partial charge is 0.477 e. The average Bonchev–Trinajstić information content (AvgIpc) is 3.64. The highest BCUT2D eigenvalue weighted by molar-refractivity contribution is 5.71. The summed E-state index contributed by atoms with van der Waals surface area (Å²) in [6, 6.07) is 0. The normalized spacial score (nSPS) is 12.7. The van der Waals surface area contributed by atoms with Crippen molar-refractivity contribution < 1.29 is 42.9 Å². The van der Waals surface area contributed by atoms with E-state index in [9.17, 15) is 19.5 Å². The van der Waals surface area contributed by atoms with Gasteiger partial charge >= 0.3 is 17.9 Å². The maximum Gasteiger partial charge on any atom is 0.361 e. The Labute approximate surface area is 535 Å². The third kappa shape index (κ3) is 69.2. The van der Waals surface area contributed by atoms with Gasteiger partial charge in [-0.2, -0.15) is 0 Å². The zero-order valence-electron chi connectivity index (χ0n) is 58.3. The molecule has 86 heavy (non-hydrogen) atoms. The number of aliphatic carboxylic acids is 1. The molecule has 0 radical (unpaired) electrons. The minimum atomic E-state index is -1.51. The lowest BCUT2D eigenvalue weighted by molar-refractivity contribution is -0.870. The van der Waals surface area contributed by atoms with Crippen molar-refractivity contribution in [1.29, 1.82) is 0 Å². The molecule has 0 heterocycles. The fourth-order valence-corrected chi connectivity index (χ4v) is 11.6. The van der Waals surface area contributed by atoms with Crippen molar-refractivity contribution in [2.45, 2.75) is 405 Å². The molecule has 9 heteroatoms. The standard InChI is InChI=1S/C77H147NO8/c1-6-8-10-12-14-16-18-20-22-24-26-28-30-32-33-34-35-36-37-38-39-40-41-42-43-44-46-48-50-52-54-56-58-60-62-64-66-68-75(80)86-73(72-85-77(76(81)82)83-70-69-78(3,4)5)71-84-74(79)67-65-63-61-59-57-55-53-51-49-47-45-31-29-27-25-23-21-19-17-15-13-11-9-7-2/h18,20,24,26,73,77H,6-17,19,21-23,25,27-72H2,1-5H3/p+1/b20-18-,26-24-. The van der Waals surface area contributed by atoms with Gasteiger partial charge in [0.1, 0.15) is 13.2 Å². The number of carboxylic acid groups (broad SMARTS) is 1. The van der Waals surface area contributed by atoms with E-state index in [-0.39, 0.29) is 38.2 Å². The van der Waals surface area contributed by atoms with E-state index in [0.717, 1.165) is 44.9 Å². The molecule has 0 fully saturated rings. The molecule has 2 unspecified atom stereocenters. The summed E-state index contributed by atoms with van der Waals surface area (Å²) in [5.74, 6) is -1.97. The van der Waals surface area contributed by atoms with Gasteiger partial charge in [-0.05, 0) is 44.9 Å². The molecule has 0 aromatic rings. The Morgan fingerprint density at radius 3 is 0.919 bits per heavy atom. The number of likely N-dealkylation sites (N-methyl/N-ethyl adjacent to an activating group) is 1. The minimum Gasteiger partial charge on any atom is -0.477 e. The highest BCUT2D eigenvalue weighted by Gasteiger charge is 2.25. The van der Waals surface area contributed by atoms with Crippen molar-refractivity contribution in [2.75, 3.05) is 47.5 Å². The van der Waals surface area contributed by atoms with Crippen molar-refractivity contribution in [3.05, 3.63) is 24.3 Å². The Hall–Kier alpha value is -2.23. The van der Waals surface area contributed by atoms with E-state index in [1.807, 2.05) is 21.1 Å². The van der Waals surface area contributed by atoms with Gasteiger partial charge in [0, 0.05) is 12.8 Å². The fraction of sp³-hybridized carbons (Fsp3) is 0.909. The van der Waals surface area contributed by atoms with Gasteiger partial charge in [-0.15, -0.1) is 0 Å². The molecular formula is C77H148NO8+. The number of quaternary nitrogens is 1. The summed E-state index contributed by atoms with van der Waals surface area (Å²) in [5, 5.41) is 9.76. The number of rotatable bonds is 72. The number of carbonyl (C=O) groups is 3. The van der Waals surface area contributed by atoms with Crippen LogP contribution in [-0.4, -0.2) is 87.4 Å². The summed E-state index contributed by atoms with van der Waals surface area (Å²) in [4.78, 5) is 37.7. The van der Waals surface area contributed by atoms with Gasteiger partial charge in [0.2, 0.25) is 0 Å². The second kappa shape index (κ2) is 68.7. The number of ether oxygens (including phenoxy) is 4. The van der Waals surface area contributed by atoms with Crippen molar-refractivity contribution in [3.8, 4) is 0 Å². The Balaban J connectivity index is 3.97. The summed E-state index contributed by atoms with van der Waals surface area (Å²) >= 11 is 0. The third-order valence-corrected chi connectivity index (χ3v) is 17.5. The summed E-state index contributed by atoms with van der Waals surface area (Å²) in [6.45, 7) is 4.95. The zero-order chi connectivity index (χ0) is 62.6. The van der Waals surface area contributed by atoms with E-state index in [1.54, 1.807) is 0 Å². The van der Waals surface area contributed by atoms with Gasteiger partial charge in [-0.25, -0.2) is 4.79 Å². The van der Waals surface area contributed by atoms with Crippen LogP contribution in [0, 0.1) is 0 Å². The van der Waals surface area contributed by atoms with Gasteiger partial charge in [-0.1, -0.05) is 359 Å². The molecular weight excluding hydrogens is 1070 g/mol. The first-order chi connectivity index (χ1) is 42.1.